The van der Waals surface area contributed by atoms with Gasteiger partial charge in [-0.1, -0.05) is 55.3 Å². The molecule has 4 heteroatoms. The summed E-state index contributed by atoms with van der Waals surface area (Å²) in [6, 6.07) is 18.3. The SMILES string of the molecule is CCOC(=O)c1ccc(C2=C(c3ccccc3)[C@]34CCCC[C@H]3[C@@]2(N(C)C)CC4=O)cc1. The maximum Gasteiger partial charge on any atom is 0.338 e. The summed E-state index contributed by atoms with van der Waals surface area (Å²) in [4.78, 5) is 28.3. The zero-order valence-electron chi connectivity index (χ0n) is 19.2. The number of allylic oxidation sites excluding steroid dienone is 1. The highest BCUT2D eigenvalue weighted by molar-refractivity contribution is 6.16. The van der Waals surface area contributed by atoms with Gasteiger partial charge in [0.2, 0.25) is 0 Å². The largest absolute Gasteiger partial charge is 0.462 e. The molecular weight excluding hydrogens is 398 g/mol. The third-order valence-electron chi connectivity index (χ3n) is 8.09. The second-order valence-electron chi connectivity index (χ2n) is 9.60. The number of hydrogen-bond acceptors (Lipinski definition) is 4. The number of rotatable bonds is 5. The summed E-state index contributed by atoms with van der Waals surface area (Å²) in [6.07, 6.45) is 4.84. The van der Waals surface area contributed by atoms with Crippen LogP contribution in [0, 0.1) is 11.3 Å². The van der Waals surface area contributed by atoms with Crippen LogP contribution in [0.4, 0.5) is 0 Å². The van der Waals surface area contributed by atoms with Crippen molar-refractivity contribution in [3.8, 4) is 0 Å². The van der Waals surface area contributed by atoms with Gasteiger partial charge in [0.05, 0.1) is 23.1 Å². The number of hydrogen-bond donors (Lipinski definition) is 0. The topological polar surface area (TPSA) is 46.6 Å². The molecule has 166 valence electrons. The van der Waals surface area contributed by atoms with Crippen LogP contribution >= 0.6 is 0 Å². The first-order valence-corrected chi connectivity index (χ1v) is 11.8. The summed E-state index contributed by atoms with van der Waals surface area (Å²) >= 11 is 0. The van der Waals surface area contributed by atoms with Crippen LogP contribution in [0.15, 0.2) is 54.6 Å². The first kappa shape index (κ1) is 21.1. The van der Waals surface area contributed by atoms with Crippen molar-refractivity contribution in [2.45, 2.75) is 44.6 Å². The summed E-state index contributed by atoms with van der Waals surface area (Å²) in [7, 11) is 4.25. The van der Waals surface area contributed by atoms with Crippen molar-refractivity contribution >= 4 is 22.9 Å². The number of carbonyl (C=O) groups excluding carboxylic acids is 2. The van der Waals surface area contributed by atoms with E-state index in [2.05, 4.69) is 43.3 Å². The fourth-order valence-electron chi connectivity index (χ4n) is 6.90. The van der Waals surface area contributed by atoms with Gasteiger partial charge in [-0.3, -0.25) is 9.69 Å². The normalized spacial score (nSPS) is 28.9. The molecule has 0 N–H and O–H groups in total. The zero-order chi connectivity index (χ0) is 22.5. The lowest BCUT2D eigenvalue weighted by Gasteiger charge is -2.43. The van der Waals surface area contributed by atoms with E-state index in [0.29, 0.717) is 30.3 Å². The third-order valence-corrected chi connectivity index (χ3v) is 8.09. The third kappa shape index (κ3) is 2.72. The van der Waals surface area contributed by atoms with E-state index in [4.69, 9.17) is 4.74 Å². The molecule has 2 aromatic carbocycles. The first-order chi connectivity index (χ1) is 15.5. The van der Waals surface area contributed by atoms with Gasteiger partial charge in [0.15, 0.2) is 0 Å². The highest BCUT2D eigenvalue weighted by Gasteiger charge is 2.71. The Morgan fingerprint density at radius 1 is 1.00 bits per heavy atom. The summed E-state index contributed by atoms with van der Waals surface area (Å²) < 4.78 is 5.18. The highest BCUT2D eigenvalue weighted by atomic mass is 16.5. The lowest BCUT2D eigenvalue weighted by atomic mass is 9.64. The molecule has 2 saturated carbocycles. The number of benzene rings is 2. The number of ether oxygens (including phenoxy) is 1. The molecule has 0 unspecified atom stereocenters. The average molecular weight is 430 g/mol. The van der Waals surface area contributed by atoms with E-state index < -0.39 is 5.41 Å². The van der Waals surface area contributed by atoms with Gasteiger partial charge in [0.25, 0.3) is 0 Å². The van der Waals surface area contributed by atoms with Gasteiger partial charge in [-0.2, -0.15) is 0 Å². The Balaban J connectivity index is 1.76. The molecule has 2 fully saturated rings. The Labute approximate surface area is 190 Å². The van der Waals surface area contributed by atoms with Gasteiger partial charge in [-0.05, 0) is 74.2 Å². The predicted molar refractivity (Wildman–Crippen MR) is 126 cm³/mol. The van der Waals surface area contributed by atoms with Gasteiger partial charge in [0.1, 0.15) is 5.78 Å². The van der Waals surface area contributed by atoms with Gasteiger partial charge in [-0.15, -0.1) is 0 Å². The van der Waals surface area contributed by atoms with Crippen LogP contribution in [0.1, 0.15) is 60.5 Å². The van der Waals surface area contributed by atoms with Crippen LogP contribution in [0.5, 0.6) is 0 Å². The number of Topliss-reactive ketones (excluding diaryl/α,β-unsaturated/α-hetero) is 1. The maximum absolute atomic E-state index is 13.8. The van der Waals surface area contributed by atoms with Gasteiger partial charge in [0, 0.05) is 6.42 Å². The number of ketones is 1. The minimum absolute atomic E-state index is 0.293. The first-order valence-electron chi connectivity index (χ1n) is 11.8. The molecule has 0 heterocycles. The molecular formula is C28H31NO3. The molecule has 0 amide bonds. The van der Waals surface area contributed by atoms with Crippen molar-refractivity contribution in [3.63, 3.8) is 0 Å². The lowest BCUT2D eigenvalue weighted by molar-refractivity contribution is -0.125. The van der Waals surface area contributed by atoms with E-state index in [1.54, 1.807) is 0 Å². The molecule has 3 atom stereocenters. The Hall–Kier alpha value is -2.72. The number of nitrogens with zero attached hydrogens (tertiary/aromatic N) is 1. The number of carbonyl (C=O) groups is 2. The van der Waals surface area contributed by atoms with E-state index in [-0.39, 0.29) is 11.5 Å². The average Bonchev–Trinajstić information content (AvgIpc) is 3.24. The maximum atomic E-state index is 13.8. The second kappa shape index (κ2) is 7.70. The van der Waals surface area contributed by atoms with E-state index >= 15 is 0 Å². The van der Waals surface area contributed by atoms with Gasteiger partial charge >= 0.3 is 5.97 Å². The molecule has 2 aromatic rings. The minimum Gasteiger partial charge on any atom is -0.462 e. The summed E-state index contributed by atoms with van der Waals surface area (Å²) in [6.45, 7) is 2.18. The van der Waals surface area contributed by atoms with Crippen molar-refractivity contribution in [2.75, 3.05) is 20.7 Å². The van der Waals surface area contributed by atoms with Gasteiger partial charge < -0.3 is 4.74 Å². The summed E-state index contributed by atoms with van der Waals surface area (Å²) in [5.41, 5.74) is 4.60. The molecule has 0 spiro atoms. The van der Waals surface area contributed by atoms with E-state index in [1.165, 1.54) is 17.6 Å². The van der Waals surface area contributed by atoms with Crippen LogP contribution in [-0.4, -0.2) is 42.9 Å². The van der Waals surface area contributed by atoms with Crippen LogP contribution in [0.2, 0.25) is 0 Å². The Bertz CT molecular complexity index is 1090. The Morgan fingerprint density at radius 2 is 1.69 bits per heavy atom. The van der Waals surface area contributed by atoms with Crippen LogP contribution in [-0.2, 0) is 9.53 Å². The van der Waals surface area contributed by atoms with Crippen LogP contribution in [0.25, 0.3) is 11.1 Å². The molecule has 0 radical (unpaired) electrons. The summed E-state index contributed by atoms with van der Waals surface area (Å²) in [5, 5.41) is 0. The molecule has 0 aliphatic heterocycles. The zero-order valence-corrected chi connectivity index (χ0v) is 19.2. The smallest absolute Gasteiger partial charge is 0.338 e. The molecule has 3 aliphatic carbocycles. The fourth-order valence-corrected chi connectivity index (χ4v) is 6.90. The van der Waals surface area contributed by atoms with E-state index in [9.17, 15) is 9.59 Å². The van der Waals surface area contributed by atoms with Crippen molar-refractivity contribution < 1.29 is 14.3 Å². The van der Waals surface area contributed by atoms with Crippen molar-refractivity contribution in [1.29, 1.82) is 0 Å². The number of esters is 1. The number of likely N-dealkylation sites (N-methyl/N-ethyl adjacent to an activating group) is 1. The quantitative estimate of drug-likeness (QED) is 0.610. The van der Waals surface area contributed by atoms with Crippen LogP contribution in [0.3, 0.4) is 0 Å². The molecule has 0 aromatic heterocycles. The van der Waals surface area contributed by atoms with E-state index in [0.717, 1.165) is 30.4 Å². The molecule has 4 nitrogen and oxygen atoms in total. The van der Waals surface area contributed by atoms with Crippen molar-refractivity contribution in [1.82, 2.24) is 4.90 Å². The minimum atomic E-state index is -0.404. The van der Waals surface area contributed by atoms with Crippen molar-refractivity contribution in [3.05, 3.63) is 71.3 Å². The standard InChI is InChI=1S/C28H31NO3/c1-4-32-26(31)21-15-13-20(14-16-21)25-24(19-10-6-5-7-11-19)27-17-9-8-12-22(27)28(25,29(2)3)18-23(27)30/h5-7,10-11,13-16,22H,4,8-9,12,17-18H2,1-3H3/t22-,27-,28+/m1/s1. The Morgan fingerprint density at radius 3 is 2.34 bits per heavy atom. The van der Waals surface area contributed by atoms with E-state index in [1.807, 2.05) is 37.3 Å². The molecule has 5 rings (SSSR count). The molecule has 0 saturated heterocycles. The molecule has 3 aliphatic rings. The molecule has 32 heavy (non-hydrogen) atoms. The predicted octanol–water partition coefficient (Wildman–Crippen LogP) is 5.24. The van der Waals surface area contributed by atoms with Crippen LogP contribution < -0.4 is 0 Å². The summed E-state index contributed by atoms with van der Waals surface area (Å²) in [5.74, 6) is 0.400. The lowest BCUT2D eigenvalue weighted by Crippen LogP contribution is -2.48. The van der Waals surface area contributed by atoms with Gasteiger partial charge in [-0.25, -0.2) is 4.79 Å². The highest BCUT2D eigenvalue weighted by Crippen LogP contribution is 2.72. The Kier molecular flexibility index (Phi) is 5.09. The second-order valence-corrected chi connectivity index (χ2v) is 9.60. The van der Waals surface area contributed by atoms with Crippen molar-refractivity contribution in [2.24, 2.45) is 11.3 Å². The molecule has 2 bridgehead atoms. The monoisotopic (exact) mass is 429 g/mol. The fraction of sp³-hybridized carbons (Fsp3) is 0.429.